The molecule has 2 nitrogen and oxygen atoms in total. The molecule has 0 aliphatic carbocycles. The van der Waals surface area contributed by atoms with E-state index in [0.717, 1.165) is 0 Å². The van der Waals surface area contributed by atoms with E-state index in [4.69, 9.17) is 0 Å². The first-order chi connectivity index (χ1) is 3.56. The van der Waals surface area contributed by atoms with Crippen LogP contribution in [0, 0.1) is 0 Å². The molecule has 50 valence electrons. The van der Waals surface area contributed by atoms with Crippen molar-refractivity contribution in [2.75, 3.05) is 24.0 Å². The molecule has 0 aliphatic heterocycles. The maximum Gasteiger partial charge on any atom is 0.148 e. The van der Waals surface area contributed by atoms with Crippen molar-refractivity contribution >= 4 is 21.6 Å². The first kappa shape index (κ1) is 8.30. The van der Waals surface area contributed by atoms with Crippen molar-refractivity contribution in [3.8, 4) is 0 Å². The van der Waals surface area contributed by atoms with E-state index in [1.165, 1.54) is 6.26 Å². The highest BCUT2D eigenvalue weighted by Gasteiger charge is 1.98. The molecular formula is C4H10O2S2. The Morgan fingerprint density at radius 1 is 1.50 bits per heavy atom. The summed E-state index contributed by atoms with van der Waals surface area (Å²) in [5.41, 5.74) is 0. The molecule has 0 bridgehead atoms. The zero-order valence-electron chi connectivity index (χ0n) is 5.05. The van der Waals surface area contributed by atoms with Gasteiger partial charge in [0.05, 0.1) is 5.75 Å². The van der Waals surface area contributed by atoms with Crippen LogP contribution in [0.25, 0.3) is 0 Å². The predicted molar refractivity (Wildman–Crippen MR) is 38.1 cm³/mol. The van der Waals surface area contributed by atoms with Crippen molar-refractivity contribution in [2.45, 2.75) is 0 Å². The molecule has 0 rings (SSSR count). The molecule has 0 unspecified atom stereocenters. The molecule has 0 aromatic heterocycles. The second kappa shape index (κ2) is 3.35. The zero-order valence-corrected chi connectivity index (χ0v) is 6.68. The fourth-order valence-corrected chi connectivity index (χ4v) is 2.11. The van der Waals surface area contributed by atoms with E-state index in [2.05, 4.69) is 0 Å². The smallest absolute Gasteiger partial charge is 0.148 e. The van der Waals surface area contributed by atoms with Gasteiger partial charge in [-0.1, -0.05) is 0 Å². The molecule has 0 aliphatic rings. The first-order valence-corrected chi connectivity index (χ1v) is 5.68. The Morgan fingerprint density at radius 3 is 2.12 bits per heavy atom. The van der Waals surface area contributed by atoms with E-state index < -0.39 is 9.84 Å². The Balaban J connectivity index is 3.42. The quantitative estimate of drug-likeness (QED) is 0.590. The van der Waals surface area contributed by atoms with E-state index in [1.54, 1.807) is 11.8 Å². The molecular weight excluding hydrogens is 144 g/mol. The summed E-state index contributed by atoms with van der Waals surface area (Å²) in [5, 5.41) is 0. The van der Waals surface area contributed by atoms with Crippen LogP contribution in [-0.4, -0.2) is 32.4 Å². The number of rotatable bonds is 3. The van der Waals surface area contributed by atoms with Crippen molar-refractivity contribution in [2.24, 2.45) is 0 Å². The zero-order chi connectivity index (χ0) is 6.62. The molecule has 0 radical (unpaired) electrons. The predicted octanol–water partition coefficient (Wildman–Crippen LogP) is 0.394. The Hall–Kier alpha value is 0.300. The molecule has 0 N–H and O–H groups in total. The Bertz CT molecular complexity index is 136. The lowest BCUT2D eigenvalue weighted by Gasteiger charge is -1.91. The molecule has 0 fully saturated rings. The monoisotopic (exact) mass is 154 g/mol. The molecule has 4 heteroatoms. The van der Waals surface area contributed by atoms with Gasteiger partial charge in [0.1, 0.15) is 9.84 Å². The lowest BCUT2D eigenvalue weighted by atomic mass is 11.0. The van der Waals surface area contributed by atoms with E-state index in [9.17, 15) is 8.42 Å². The van der Waals surface area contributed by atoms with Crippen LogP contribution in [0.15, 0.2) is 0 Å². The third kappa shape index (κ3) is 6.30. The van der Waals surface area contributed by atoms with E-state index >= 15 is 0 Å². The van der Waals surface area contributed by atoms with Gasteiger partial charge in [-0.15, -0.1) is 0 Å². The minimum Gasteiger partial charge on any atom is -0.229 e. The van der Waals surface area contributed by atoms with E-state index in [1.807, 2.05) is 6.26 Å². The fourth-order valence-electron chi connectivity index (χ4n) is 0.235. The standard InChI is InChI=1S/C4H10O2S2/c1-7-3-4-8(2,5)6/h3-4H2,1-2H3. The molecule has 0 aromatic rings. The minimum atomic E-state index is -2.71. The van der Waals surface area contributed by atoms with Crippen molar-refractivity contribution in [1.82, 2.24) is 0 Å². The summed E-state index contributed by atoms with van der Waals surface area (Å²) in [5.74, 6) is 1.01. The second-order valence-electron chi connectivity index (χ2n) is 1.62. The highest BCUT2D eigenvalue weighted by molar-refractivity contribution is 8.00. The molecule has 0 heterocycles. The maximum absolute atomic E-state index is 10.4. The number of sulfone groups is 1. The van der Waals surface area contributed by atoms with Gasteiger partial charge < -0.3 is 0 Å². The van der Waals surface area contributed by atoms with Gasteiger partial charge in [0.15, 0.2) is 0 Å². The summed E-state index contributed by atoms with van der Waals surface area (Å²) < 4.78 is 20.8. The first-order valence-electron chi connectivity index (χ1n) is 2.23. The van der Waals surface area contributed by atoms with Gasteiger partial charge in [-0.25, -0.2) is 8.42 Å². The summed E-state index contributed by atoms with van der Waals surface area (Å²) in [6, 6.07) is 0. The number of hydrogen-bond acceptors (Lipinski definition) is 3. The van der Waals surface area contributed by atoms with Crippen LogP contribution in [0.2, 0.25) is 0 Å². The summed E-state index contributed by atoms with van der Waals surface area (Å²) in [4.78, 5) is 0. The SMILES string of the molecule is CSCCS(C)(=O)=O. The van der Waals surface area contributed by atoms with Crippen LogP contribution < -0.4 is 0 Å². The lowest BCUT2D eigenvalue weighted by Crippen LogP contribution is -2.04. The van der Waals surface area contributed by atoms with Crippen LogP contribution in [0.3, 0.4) is 0 Å². The van der Waals surface area contributed by atoms with Gasteiger partial charge in [-0.05, 0) is 6.26 Å². The topological polar surface area (TPSA) is 34.1 Å². The van der Waals surface area contributed by atoms with Crippen molar-refractivity contribution < 1.29 is 8.42 Å². The second-order valence-corrected chi connectivity index (χ2v) is 4.87. The van der Waals surface area contributed by atoms with Gasteiger partial charge in [0.2, 0.25) is 0 Å². The minimum absolute atomic E-state index is 0.300. The molecule has 0 saturated carbocycles. The highest BCUT2D eigenvalue weighted by Crippen LogP contribution is 1.93. The van der Waals surface area contributed by atoms with Crippen LogP contribution >= 0.6 is 11.8 Å². The molecule has 0 saturated heterocycles. The molecule has 0 amide bonds. The number of thioether (sulfide) groups is 1. The summed E-state index contributed by atoms with van der Waals surface area (Å²) in [6.07, 6.45) is 3.15. The Labute approximate surface area is 54.6 Å². The fraction of sp³-hybridized carbons (Fsp3) is 1.00. The van der Waals surface area contributed by atoms with E-state index in [-0.39, 0.29) is 0 Å². The van der Waals surface area contributed by atoms with Crippen molar-refractivity contribution in [3.05, 3.63) is 0 Å². The Morgan fingerprint density at radius 2 is 2.00 bits per heavy atom. The van der Waals surface area contributed by atoms with E-state index in [0.29, 0.717) is 11.5 Å². The van der Waals surface area contributed by atoms with Gasteiger partial charge in [0.25, 0.3) is 0 Å². The summed E-state index contributed by atoms with van der Waals surface area (Å²) >= 11 is 1.55. The van der Waals surface area contributed by atoms with Crippen LogP contribution in [0.5, 0.6) is 0 Å². The highest BCUT2D eigenvalue weighted by atomic mass is 32.2. The summed E-state index contributed by atoms with van der Waals surface area (Å²) in [6.45, 7) is 0. The molecule has 8 heavy (non-hydrogen) atoms. The average molecular weight is 154 g/mol. The molecule has 0 aromatic carbocycles. The Kier molecular flexibility index (Phi) is 3.48. The lowest BCUT2D eigenvalue weighted by molar-refractivity contribution is 0.603. The van der Waals surface area contributed by atoms with Crippen LogP contribution in [-0.2, 0) is 9.84 Å². The average Bonchev–Trinajstić information content (AvgIpc) is 1.59. The summed E-state index contributed by atoms with van der Waals surface area (Å²) in [7, 11) is -2.71. The van der Waals surface area contributed by atoms with Crippen LogP contribution in [0.1, 0.15) is 0 Å². The third-order valence-corrected chi connectivity index (χ3v) is 2.47. The normalized spacial score (nSPS) is 11.8. The third-order valence-electron chi connectivity index (χ3n) is 0.658. The van der Waals surface area contributed by atoms with Crippen LogP contribution in [0.4, 0.5) is 0 Å². The maximum atomic E-state index is 10.4. The van der Waals surface area contributed by atoms with Gasteiger partial charge >= 0.3 is 0 Å². The largest absolute Gasteiger partial charge is 0.229 e. The van der Waals surface area contributed by atoms with Gasteiger partial charge in [-0.2, -0.15) is 11.8 Å². The molecule has 0 spiro atoms. The van der Waals surface area contributed by atoms with Gasteiger partial charge in [-0.3, -0.25) is 0 Å². The van der Waals surface area contributed by atoms with Gasteiger partial charge in [0, 0.05) is 12.0 Å². The number of hydrogen-bond donors (Lipinski definition) is 0. The van der Waals surface area contributed by atoms with Crippen molar-refractivity contribution in [1.29, 1.82) is 0 Å². The molecule has 0 atom stereocenters. The van der Waals surface area contributed by atoms with Crippen molar-refractivity contribution in [3.63, 3.8) is 0 Å².